The van der Waals surface area contributed by atoms with Gasteiger partial charge in [-0.25, -0.2) is 0 Å². The smallest absolute Gasteiger partial charge is 0.140 e. The molecule has 0 aliphatic heterocycles. The zero-order chi connectivity index (χ0) is 13.7. The van der Waals surface area contributed by atoms with E-state index in [-0.39, 0.29) is 11.8 Å². The van der Waals surface area contributed by atoms with Crippen molar-refractivity contribution in [2.24, 2.45) is 0 Å². The third-order valence-electron chi connectivity index (χ3n) is 2.90. The number of ketones is 1. The lowest BCUT2D eigenvalue weighted by atomic mass is 10.1. The summed E-state index contributed by atoms with van der Waals surface area (Å²) in [4.78, 5) is 12.0. The second kappa shape index (κ2) is 7.04. The maximum atomic E-state index is 12.0. The number of Topliss-reactive ketones (excluding diaryl/α,β-unsaturated/α-hetero) is 1. The van der Waals surface area contributed by atoms with Crippen LogP contribution < -0.4 is 5.32 Å². The fourth-order valence-corrected chi connectivity index (χ4v) is 2.48. The Kier molecular flexibility index (Phi) is 6.02. The first-order chi connectivity index (χ1) is 8.49. The van der Waals surface area contributed by atoms with Crippen molar-refractivity contribution in [1.29, 1.82) is 0 Å². The molecule has 0 saturated heterocycles. The number of nitrogens with zero attached hydrogens (tertiary/aromatic N) is 2. The van der Waals surface area contributed by atoms with Gasteiger partial charge in [0.1, 0.15) is 5.78 Å². The van der Waals surface area contributed by atoms with Crippen LogP contribution in [-0.2, 0) is 17.8 Å². The predicted octanol–water partition coefficient (Wildman–Crippen LogP) is 2.47. The molecule has 18 heavy (non-hydrogen) atoms. The number of rotatable bonds is 7. The Morgan fingerprint density at radius 3 is 2.72 bits per heavy atom. The molecular weight excluding hydrogens is 294 g/mol. The number of aromatic nitrogens is 2. The first-order valence-corrected chi connectivity index (χ1v) is 7.25. The molecule has 0 saturated carbocycles. The standard InChI is InChI=1S/C13H22BrN3O/c1-5-15-9(3)7-11(18)8-12-13(14)10(4)16-17(12)6-2/h9,15H,5-8H2,1-4H3. The molecule has 1 N–H and O–H groups in total. The van der Waals surface area contributed by atoms with E-state index in [1.165, 1.54) is 0 Å². The molecule has 1 aromatic heterocycles. The van der Waals surface area contributed by atoms with Gasteiger partial charge in [-0.15, -0.1) is 0 Å². The van der Waals surface area contributed by atoms with E-state index in [0.29, 0.717) is 12.8 Å². The Balaban J connectivity index is 2.69. The Morgan fingerprint density at radius 1 is 1.50 bits per heavy atom. The fraction of sp³-hybridized carbons (Fsp3) is 0.692. The van der Waals surface area contributed by atoms with Gasteiger partial charge >= 0.3 is 0 Å². The van der Waals surface area contributed by atoms with Crippen molar-refractivity contribution in [3.05, 3.63) is 15.9 Å². The summed E-state index contributed by atoms with van der Waals surface area (Å²) < 4.78 is 2.86. The lowest BCUT2D eigenvalue weighted by Crippen LogP contribution is -2.28. The van der Waals surface area contributed by atoms with Crippen molar-refractivity contribution < 1.29 is 4.79 Å². The fourth-order valence-electron chi connectivity index (χ4n) is 2.06. The summed E-state index contributed by atoms with van der Waals surface area (Å²) in [5.74, 6) is 0.249. The molecule has 0 fully saturated rings. The molecule has 5 heteroatoms. The molecule has 1 aromatic rings. The van der Waals surface area contributed by atoms with E-state index in [2.05, 4.69) is 26.3 Å². The number of aryl methyl sites for hydroxylation is 2. The third-order valence-corrected chi connectivity index (χ3v) is 3.94. The Labute approximate surface area is 117 Å². The van der Waals surface area contributed by atoms with Crippen molar-refractivity contribution in [3.8, 4) is 0 Å². The Hall–Kier alpha value is -0.680. The molecule has 1 atom stereocenters. The average Bonchev–Trinajstić information content (AvgIpc) is 2.57. The van der Waals surface area contributed by atoms with E-state index in [9.17, 15) is 4.79 Å². The van der Waals surface area contributed by atoms with Crippen LogP contribution in [0.3, 0.4) is 0 Å². The lowest BCUT2D eigenvalue weighted by Gasteiger charge is -2.11. The molecule has 0 bridgehead atoms. The van der Waals surface area contributed by atoms with Gasteiger partial charge < -0.3 is 5.32 Å². The van der Waals surface area contributed by atoms with Gasteiger partial charge in [-0.1, -0.05) is 6.92 Å². The molecule has 0 amide bonds. The van der Waals surface area contributed by atoms with Crippen LogP contribution in [-0.4, -0.2) is 28.2 Å². The molecule has 0 aliphatic carbocycles. The monoisotopic (exact) mass is 315 g/mol. The molecule has 0 radical (unpaired) electrons. The normalized spacial score (nSPS) is 12.7. The first kappa shape index (κ1) is 15.4. The summed E-state index contributed by atoms with van der Waals surface area (Å²) >= 11 is 3.52. The summed E-state index contributed by atoms with van der Waals surface area (Å²) in [6, 6.07) is 0.236. The van der Waals surface area contributed by atoms with Gasteiger partial charge in [0.15, 0.2) is 0 Å². The van der Waals surface area contributed by atoms with E-state index in [1.54, 1.807) is 0 Å². The number of halogens is 1. The number of hydrogen-bond donors (Lipinski definition) is 1. The average molecular weight is 316 g/mol. The highest BCUT2D eigenvalue weighted by Crippen LogP contribution is 2.22. The molecule has 0 aromatic carbocycles. The van der Waals surface area contributed by atoms with E-state index < -0.39 is 0 Å². The summed E-state index contributed by atoms with van der Waals surface area (Å²) in [5, 5.41) is 7.65. The quantitative estimate of drug-likeness (QED) is 0.841. The van der Waals surface area contributed by atoms with Gasteiger partial charge in [0.25, 0.3) is 0 Å². The first-order valence-electron chi connectivity index (χ1n) is 6.46. The maximum absolute atomic E-state index is 12.0. The second-order valence-corrected chi connectivity index (χ2v) is 5.33. The molecule has 1 unspecified atom stereocenters. The summed E-state index contributed by atoms with van der Waals surface area (Å²) in [7, 11) is 0. The van der Waals surface area contributed by atoms with Gasteiger partial charge in [0, 0.05) is 25.4 Å². The zero-order valence-corrected chi connectivity index (χ0v) is 13.2. The molecule has 102 valence electrons. The van der Waals surface area contributed by atoms with Crippen molar-refractivity contribution in [1.82, 2.24) is 15.1 Å². The summed E-state index contributed by atoms with van der Waals surface area (Å²) in [5.41, 5.74) is 1.93. The SMILES string of the molecule is CCNC(C)CC(=O)Cc1c(Br)c(C)nn1CC. The lowest BCUT2D eigenvalue weighted by molar-refractivity contribution is -0.118. The predicted molar refractivity (Wildman–Crippen MR) is 76.8 cm³/mol. The van der Waals surface area contributed by atoms with Crippen molar-refractivity contribution in [2.75, 3.05) is 6.54 Å². The number of carbonyl (C=O) groups is 1. The van der Waals surface area contributed by atoms with Crippen LogP contribution >= 0.6 is 15.9 Å². The summed E-state index contributed by atoms with van der Waals surface area (Å²) in [6.45, 7) is 9.76. The number of carbonyl (C=O) groups excluding carboxylic acids is 1. The Morgan fingerprint density at radius 2 is 2.17 bits per heavy atom. The van der Waals surface area contributed by atoms with Gasteiger partial charge in [-0.05, 0) is 43.2 Å². The third kappa shape index (κ3) is 3.92. The number of nitrogens with one attached hydrogen (secondary N) is 1. The van der Waals surface area contributed by atoms with E-state index in [1.807, 2.05) is 32.4 Å². The minimum Gasteiger partial charge on any atom is -0.314 e. The van der Waals surface area contributed by atoms with Gasteiger partial charge in [-0.3, -0.25) is 9.48 Å². The molecule has 4 nitrogen and oxygen atoms in total. The molecule has 1 heterocycles. The van der Waals surface area contributed by atoms with Crippen LogP contribution in [0.2, 0.25) is 0 Å². The number of hydrogen-bond acceptors (Lipinski definition) is 3. The zero-order valence-electron chi connectivity index (χ0n) is 11.6. The maximum Gasteiger partial charge on any atom is 0.140 e. The van der Waals surface area contributed by atoms with Crippen LogP contribution in [0.1, 0.15) is 38.6 Å². The van der Waals surface area contributed by atoms with Crippen LogP contribution in [0.5, 0.6) is 0 Å². The highest BCUT2D eigenvalue weighted by molar-refractivity contribution is 9.10. The van der Waals surface area contributed by atoms with E-state index in [4.69, 9.17) is 0 Å². The minimum atomic E-state index is 0.236. The topological polar surface area (TPSA) is 46.9 Å². The molecule has 0 aliphatic rings. The van der Waals surface area contributed by atoms with Gasteiger partial charge in [-0.2, -0.15) is 5.10 Å². The second-order valence-electron chi connectivity index (χ2n) is 4.54. The van der Waals surface area contributed by atoms with Crippen LogP contribution in [0.4, 0.5) is 0 Å². The van der Waals surface area contributed by atoms with Gasteiger partial charge in [0.2, 0.25) is 0 Å². The molecular formula is C13H22BrN3O. The van der Waals surface area contributed by atoms with Crippen molar-refractivity contribution in [3.63, 3.8) is 0 Å². The van der Waals surface area contributed by atoms with Crippen LogP contribution in [0, 0.1) is 6.92 Å². The summed E-state index contributed by atoms with van der Waals surface area (Å²) in [6.07, 6.45) is 1.01. The molecule has 0 spiro atoms. The van der Waals surface area contributed by atoms with Crippen LogP contribution in [0.15, 0.2) is 4.47 Å². The van der Waals surface area contributed by atoms with Crippen molar-refractivity contribution in [2.45, 2.75) is 53.1 Å². The largest absolute Gasteiger partial charge is 0.314 e. The highest BCUT2D eigenvalue weighted by atomic mass is 79.9. The molecule has 1 rings (SSSR count). The van der Waals surface area contributed by atoms with E-state index >= 15 is 0 Å². The van der Waals surface area contributed by atoms with Crippen molar-refractivity contribution >= 4 is 21.7 Å². The van der Waals surface area contributed by atoms with E-state index in [0.717, 1.165) is 29.0 Å². The Bertz CT molecular complexity index is 415. The minimum absolute atomic E-state index is 0.236. The highest BCUT2D eigenvalue weighted by Gasteiger charge is 2.16. The van der Waals surface area contributed by atoms with Crippen LogP contribution in [0.25, 0.3) is 0 Å². The van der Waals surface area contributed by atoms with Gasteiger partial charge in [0.05, 0.1) is 15.9 Å².